The van der Waals surface area contributed by atoms with Crippen molar-refractivity contribution in [3.05, 3.63) is 35.4 Å². The Labute approximate surface area is 102 Å². The monoisotopic (exact) mass is 236 g/mol. The van der Waals surface area contributed by atoms with Gasteiger partial charge in [-0.25, -0.2) is 0 Å². The highest BCUT2D eigenvalue weighted by Gasteiger charge is 2.16. The molecule has 1 saturated heterocycles. The summed E-state index contributed by atoms with van der Waals surface area (Å²) in [4.78, 5) is 2.54. The van der Waals surface area contributed by atoms with E-state index >= 15 is 0 Å². The Morgan fingerprint density at radius 1 is 1.44 bits per heavy atom. The van der Waals surface area contributed by atoms with Crippen LogP contribution < -0.4 is 5.73 Å². The second-order valence-electron chi connectivity index (χ2n) is 4.44. The summed E-state index contributed by atoms with van der Waals surface area (Å²) in [6.07, 6.45) is 0. The fourth-order valence-corrected chi connectivity index (χ4v) is 3.23. The number of benzene rings is 1. The SMILES string of the molecule is CC1CN(Cc2cccc(CN)c2)CCS1. The molecule has 0 amide bonds. The van der Waals surface area contributed by atoms with Crippen LogP contribution in [-0.2, 0) is 13.1 Å². The van der Waals surface area contributed by atoms with Crippen LogP contribution in [0.2, 0.25) is 0 Å². The van der Waals surface area contributed by atoms with Gasteiger partial charge in [0.15, 0.2) is 0 Å². The van der Waals surface area contributed by atoms with E-state index in [9.17, 15) is 0 Å². The molecule has 0 spiro atoms. The Hall–Kier alpha value is -0.510. The summed E-state index contributed by atoms with van der Waals surface area (Å²) in [7, 11) is 0. The van der Waals surface area contributed by atoms with Crippen molar-refractivity contribution in [3.8, 4) is 0 Å². The van der Waals surface area contributed by atoms with Gasteiger partial charge in [0.25, 0.3) is 0 Å². The van der Waals surface area contributed by atoms with Gasteiger partial charge in [-0.05, 0) is 11.1 Å². The van der Waals surface area contributed by atoms with E-state index in [4.69, 9.17) is 5.73 Å². The molecular weight excluding hydrogens is 216 g/mol. The van der Waals surface area contributed by atoms with Crippen LogP contribution in [0.1, 0.15) is 18.1 Å². The minimum absolute atomic E-state index is 0.639. The van der Waals surface area contributed by atoms with Crippen LogP contribution in [0.25, 0.3) is 0 Å². The van der Waals surface area contributed by atoms with E-state index in [1.54, 1.807) is 0 Å². The van der Waals surface area contributed by atoms with Gasteiger partial charge in [0.1, 0.15) is 0 Å². The zero-order valence-electron chi connectivity index (χ0n) is 9.86. The van der Waals surface area contributed by atoms with Crippen molar-refractivity contribution in [2.45, 2.75) is 25.3 Å². The molecule has 0 aromatic heterocycles. The van der Waals surface area contributed by atoms with Gasteiger partial charge in [-0.1, -0.05) is 31.2 Å². The molecule has 2 N–H and O–H groups in total. The van der Waals surface area contributed by atoms with E-state index in [-0.39, 0.29) is 0 Å². The van der Waals surface area contributed by atoms with E-state index in [2.05, 4.69) is 47.9 Å². The minimum atomic E-state index is 0.639. The van der Waals surface area contributed by atoms with E-state index in [0.29, 0.717) is 6.54 Å². The predicted octanol–water partition coefficient (Wildman–Crippen LogP) is 2.08. The summed E-state index contributed by atoms with van der Waals surface area (Å²) >= 11 is 2.08. The van der Waals surface area contributed by atoms with E-state index in [1.807, 2.05) is 0 Å². The number of hydrogen-bond acceptors (Lipinski definition) is 3. The van der Waals surface area contributed by atoms with Crippen LogP contribution in [0, 0.1) is 0 Å². The molecule has 0 saturated carbocycles. The maximum Gasteiger partial charge on any atom is 0.0234 e. The van der Waals surface area contributed by atoms with Crippen molar-refractivity contribution in [2.75, 3.05) is 18.8 Å². The predicted molar refractivity (Wildman–Crippen MR) is 71.5 cm³/mol. The van der Waals surface area contributed by atoms with Gasteiger partial charge < -0.3 is 5.73 Å². The summed E-state index contributed by atoms with van der Waals surface area (Å²) in [6.45, 7) is 6.44. The van der Waals surface area contributed by atoms with Crippen LogP contribution in [0.15, 0.2) is 24.3 Å². The van der Waals surface area contributed by atoms with Gasteiger partial charge in [0.2, 0.25) is 0 Å². The Morgan fingerprint density at radius 3 is 3.00 bits per heavy atom. The normalized spacial score (nSPS) is 22.2. The van der Waals surface area contributed by atoms with Crippen molar-refractivity contribution in [1.29, 1.82) is 0 Å². The van der Waals surface area contributed by atoms with Crippen molar-refractivity contribution in [2.24, 2.45) is 5.73 Å². The van der Waals surface area contributed by atoms with Crippen LogP contribution in [0.4, 0.5) is 0 Å². The average molecular weight is 236 g/mol. The highest BCUT2D eigenvalue weighted by molar-refractivity contribution is 7.99. The lowest BCUT2D eigenvalue weighted by atomic mass is 10.1. The molecule has 2 rings (SSSR count). The van der Waals surface area contributed by atoms with E-state index < -0.39 is 0 Å². The number of nitrogens with zero attached hydrogens (tertiary/aromatic N) is 1. The third kappa shape index (κ3) is 3.24. The van der Waals surface area contributed by atoms with Crippen LogP contribution >= 0.6 is 11.8 Å². The second-order valence-corrected chi connectivity index (χ2v) is 5.99. The molecule has 0 radical (unpaired) electrons. The maximum absolute atomic E-state index is 5.66. The Balaban J connectivity index is 1.97. The first-order valence-electron chi connectivity index (χ1n) is 5.90. The first-order chi connectivity index (χ1) is 7.78. The van der Waals surface area contributed by atoms with Crippen molar-refractivity contribution in [3.63, 3.8) is 0 Å². The fourth-order valence-electron chi connectivity index (χ4n) is 2.15. The molecule has 1 heterocycles. The quantitative estimate of drug-likeness (QED) is 0.871. The standard InChI is InChI=1S/C13H20N2S/c1-11-9-15(5-6-16-11)10-13-4-2-3-12(7-13)8-14/h2-4,7,11H,5-6,8-10,14H2,1H3. The fraction of sp³-hybridized carbons (Fsp3) is 0.538. The van der Waals surface area contributed by atoms with Crippen molar-refractivity contribution in [1.82, 2.24) is 4.90 Å². The molecule has 1 aromatic carbocycles. The molecule has 1 aromatic rings. The van der Waals surface area contributed by atoms with Gasteiger partial charge >= 0.3 is 0 Å². The van der Waals surface area contributed by atoms with E-state index in [0.717, 1.165) is 11.8 Å². The molecule has 0 aliphatic carbocycles. The van der Waals surface area contributed by atoms with Gasteiger partial charge in [-0.2, -0.15) is 11.8 Å². The zero-order valence-corrected chi connectivity index (χ0v) is 10.7. The van der Waals surface area contributed by atoms with Crippen LogP contribution in [0.5, 0.6) is 0 Å². The lowest BCUT2D eigenvalue weighted by Gasteiger charge is -2.30. The number of rotatable bonds is 3. The van der Waals surface area contributed by atoms with Gasteiger partial charge in [-0.15, -0.1) is 0 Å². The molecule has 1 fully saturated rings. The molecular formula is C13H20N2S. The third-order valence-electron chi connectivity index (χ3n) is 2.96. The molecule has 1 unspecified atom stereocenters. The number of nitrogens with two attached hydrogens (primary N) is 1. The molecule has 0 bridgehead atoms. The molecule has 1 aliphatic rings. The van der Waals surface area contributed by atoms with Gasteiger partial charge in [0.05, 0.1) is 0 Å². The molecule has 1 aliphatic heterocycles. The smallest absolute Gasteiger partial charge is 0.0234 e. The van der Waals surface area contributed by atoms with Crippen LogP contribution in [0.3, 0.4) is 0 Å². The highest BCUT2D eigenvalue weighted by Crippen LogP contribution is 2.19. The minimum Gasteiger partial charge on any atom is -0.326 e. The average Bonchev–Trinajstić information content (AvgIpc) is 2.29. The summed E-state index contributed by atoms with van der Waals surface area (Å²) in [5.74, 6) is 1.26. The first-order valence-corrected chi connectivity index (χ1v) is 6.94. The largest absolute Gasteiger partial charge is 0.326 e. The topological polar surface area (TPSA) is 29.3 Å². The molecule has 1 atom stereocenters. The molecule has 16 heavy (non-hydrogen) atoms. The third-order valence-corrected chi connectivity index (χ3v) is 4.09. The summed E-state index contributed by atoms with van der Waals surface area (Å²) in [6, 6.07) is 8.63. The summed E-state index contributed by atoms with van der Waals surface area (Å²) < 4.78 is 0. The zero-order chi connectivity index (χ0) is 11.4. The lowest BCUT2D eigenvalue weighted by molar-refractivity contribution is 0.278. The molecule has 88 valence electrons. The van der Waals surface area contributed by atoms with Gasteiger partial charge in [-0.3, -0.25) is 4.90 Å². The number of hydrogen-bond donors (Lipinski definition) is 1. The Bertz CT molecular complexity index is 340. The summed E-state index contributed by atoms with van der Waals surface area (Å²) in [5.41, 5.74) is 8.28. The Morgan fingerprint density at radius 2 is 2.25 bits per heavy atom. The maximum atomic E-state index is 5.66. The lowest BCUT2D eigenvalue weighted by Crippen LogP contribution is -2.36. The number of thioether (sulfide) groups is 1. The molecule has 2 nitrogen and oxygen atoms in total. The second kappa shape index (κ2) is 5.71. The first kappa shape index (κ1) is 12.0. The van der Waals surface area contributed by atoms with Gasteiger partial charge in [0, 0.05) is 37.2 Å². The molecule has 3 heteroatoms. The van der Waals surface area contributed by atoms with Crippen molar-refractivity contribution < 1.29 is 0 Å². The Kier molecular flexibility index (Phi) is 4.27. The summed E-state index contributed by atoms with van der Waals surface area (Å²) in [5, 5.41) is 0.770. The van der Waals surface area contributed by atoms with E-state index in [1.165, 1.54) is 30.0 Å². The van der Waals surface area contributed by atoms with Crippen LogP contribution in [-0.4, -0.2) is 29.0 Å². The highest BCUT2D eigenvalue weighted by atomic mass is 32.2. The van der Waals surface area contributed by atoms with Crippen molar-refractivity contribution >= 4 is 11.8 Å².